The molecule has 1 aromatic carbocycles. The lowest BCUT2D eigenvalue weighted by molar-refractivity contribution is 0.117. The van der Waals surface area contributed by atoms with Crippen molar-refractivity contribution in [2.75, 3.05) is 13.7 Å². The third kappa shape index (κ3) is 3.65. The molecule has 0 aromatic heterocycles. The molecular weight excluding hydrogens is 200 g/mol. The quantitative estimate of drug-likeness (QED) is 0.822. The molecule has 0 fully saturated rings. The van der Waals surface area contributed by atoms with Crippen molar-refractivity contribution in [3.05, 3.63) is 34.9 Å². The van der Waals surface area contributed by atoms with E-state index in [4.69, 9.17) is 10.00 Å². The summed E-state index contributed by atoms with van der Waals surface area (Å²) in [6, 6.07) is 7.90. The Bertz CT molecular complexity index is 382. The van der Waals surface area contributed by atoms with Gasteiger partial charge in [-0.3, -0.25) is 0 Å². The van der Waals surface area contributed by atoms with Crippen LogP contribution in [-0.4, -0.2) is 19.8 Å². The molecule has 1 rings (SSSR count). The van der Waals surface area contributed by atoms with Crippen LogP contribution in [0.15, 0.2) is 18.2 Å². The maximum atomic E-state index is 8.75. The maximum absolute atomic E-state index is 8.75. The second-order valence-electron chi connectivity index (χ2n) is 3.93. The van der Waals surface area contributed by atoms with Crippen molar-refractivity contribution < 1.29 is 4.74 Å². The number of nitrogens with one attached hydrogen (secondary N) is 1. The number of methoxy groups -OCH3 is 1. The second kappa shape index (κ2) is 6.26. The molecule has 3 nitrogen and oxygen atoms in total. The Morgan fingerprint density at radius 3 is 2.81 bits per heavy atom. The Hall–Kier alpha value is -1.37. The highest BCUT2D eigenvalue weighted by Crippen LogP contribution is 2.10. The molecule has 1 N–H and O–H groups in total. The van der Waals surface area contributed by atoms with Crippen molar-refractivity contribution in [2.24, 2.45) is 0 Å². The maximum Gasteiger partial charge on any atom is 0.0991 e. The SMILES string of the molecule is COC(C)CNCc1ccc(C#N)cc1C. The molecule has 0 aliphatic heterocycles. The number of ether oxygens (including phenoxy) is 1. The minimum atomic E-state index is 0.221. The lowest BCUT2D eigenvalue weighted by atomic mass is 10.1. The van der Waals surface area contributed by atoms with Gasteiger partial charge < -0.3 is 10.1 Å². The van der Waals surface area contributed by atoms with E-state index in [1.807, 2.05) is 32.0 Å². The largest absolute Gasteiger partial charge is 0.380 e. The van der Waals surface area contributed by atoms with Crippen LogP contribution in [-0.2, 0) is 11.3 Å². The monoisotopic (exact) mass is 218 g/mol. The van der Waals surface area contributed by atoms with Crippen LogP contribution in [0.5, 0.6) is 0 Å². The summed E-state index contributed by atoms with van der Waals surface area (Å²) >= 11 is 0. The Balaban J connectivity index is 2.52. The van der Waals surface area contributed by atoms with Gasteiger partial charge in [0.25, 0.3) is 0 Å². The fourth-order valence-corrected chi connectivity index (χ4v) is 1.46. The Labute approximate surface area is 97.0 Å². The van der Waals surface area contributed by atoms with Crippen LogP contribution in [0.25, 0.3) is 0 Å². The summed E-state index contributed by atoms with van der Waals surface area (Å²) in [4.78, 5) is 0. The highest BCUT2D eigenvalue weighted by Gasteiger charge is 2.01. The predicted molar refractivity (Wildman–Crippen MR) is 64.1 cm³/mol. The fourth-order valence-electron chi connectivity index (χ4n) is 1.46. The van der Waals surface area contributed by atoms with Crippen LogP contribution in [0.4, 0.5) is 0 Å². The third-order valence-corrected chi connectivity index (χ3v) is 2.62. The molecule has 0 spiro atoms. The first-order valence-corrected chi connectivity index (χ1v) is 5.40. The van der Waals surface area contributed by atoms with Crippen molar-refractivity contribution in [2.45, 2.75) is 26.5 Å². The highest BCUT2D eigenvalue weighted by atomic mass is 16.5. The molecule has 3 heteroatoms. The summed E-state index contributed by atoms with van der Waals surface area (Å²) in [5.74, 6) is 0. The van der Waals surface area contributed by atoms with Crippen LogP contribution in [0.3, 0.4) is 0 Å². The molecular formula is C13H18N2O. The third-order valence-electron chi connectivity index (χ3n) is 2.62. The van der Waals surface area contributed by atoms with Gasteiger partial charge in [0.2, 0.25) is 0 Å². The van der Waals surface area contributed by atoms with Crippen molar-refractivity contribution in [3.63, 3.8) is 0 Å². The molecule has 16 heavy (non-hydrogen) atoms. The number of rotatable bonds is 5. The number of aryl methyl sites for hydroxylation is 1. The Morgan fingerprint density at radius 1 is 1.50 bits per heavy atom. The molecule has 1 unspecified atom stereocenters. The molecule has 0 saturated heterocycles. The van der Waals surface area contributed by atoms with Gasteiger partial charge in [0.1, 0.15) is 0 Å². The number of benzene rings is 1. The molecule has 0 heterocycles. The van der Waals surface area contributed by atoms with Crippen LogP contribution < -0.4 is 5.32 Å². The predicted octanol–water partition coefficient (Wildman–Crippen LogP) is 1.99. The minimum Gasteiger partial charge on any atom is -0.380 e. The average Bonchev–Trinajstić information content (AvgIpc) is 2.30. The van der Waals surface area contributed by atoms with Crippen molar-refractivity contribution in [1.82, 2.24) is 5.32 Å². The van der Waals surface area contributed by atoms with Gasteiger partial charge in [-0.15, -0.1) is 0 Å². The zero-order chi connectivity index (χ0) is 12.0. The molecule has 1 atom stereocenters. The van der Waals surface area contributed by atoms with Gasteiger partial charge in [-0.25, -0.2) is 0 Å². The minimum absolute atomic E-state index is 0.221. The van der Waals surface area contributed by atoms with Gasteiger partial charge in [-0.1, -0.05) is 6.07 Å². The van der Waals surface area contributed by atoms with Crippen LogP contribution in [0.2, 0.25) is 0 Å². The van der Waals surface area contributed by atoms with Crippen molar-refractivity contribution >= 4 is 0 Å². The van der Waals surface area contributed by atoms with Gasteiger partial charge in [-0.2, -0.15) is 5.26 Å². The van der Waals surface area contributed by atoms with E-state index in [0.29, 0.717) is 5.56 Å². The summed E-state index contributed by atoms with van der Waals surface area (Å²) in [5.41, 5.74) is 3.09. The van der Waals surface area contributed by atoms with E-state index in [9.17, 15) is 0 Å². The van der Waals surface area contributed by atoms with Crippen molar-refractivity contribution in [3.8, 4) is 6.07 Å². The Morgan fingerprint density at radius 2 is 2.25 bits per heavy atom. The van der Waals surface area contributed by atoms with Crippen LogP contribution in [0, 0.1) is 18.3 Å². The van der Waals surface area contributed by atoms with Gasteiger partial charge in [-0.05, 0) is 37.1 Å². The summed E-state index contributed by atoms with van der Waals surface area (Å²) in [6.45, 7) is 5.69. The molecule has 0 aliphatic rings. The first-order chi connectivity index (χ1) is 7.67. The summed E-state index contributed by atoms with van der Waals surface area (Å²) in [7, 11) is 1.71. The lowest BCUT2D eigenvalue weighted by Crippen LogP contribution is -2.25. The first-order valence-electron chi connectivity index (χ1n) is 5.40. The number of nitriles is 1. The van der Waals surface area contributed by atoms with E-state index in [0.717, 1.165) is 18.7 Å². The van der Waals surface area contributed by atoms with Gasteiger partial charge in [0.05, 0.1) is 17.7 Å². The van der Waals surface area contributed by atoms with E-state index in [-0.39, 0.29) is 6.10 Å². The van der Waals surface area contributed by atoms with Crippen LogP contribution >= 0.6 is 0 Å². The molecule has 1 aromatic rings. The fraction of sp³-hybridized carbons (Fsp3) is 0.462. The molecule has 86 valence electrons. The first kappa shape index (κ1) is 12.7. The van der Waals surface area contributed by atoms with Gasteiger partial charge in [0.15, 0.2) is 0 Å². The van der Waals surface area contributed by atoms with Crippen LogP contribution in [0.1, 0.15) is 23.6 Å². The summed E-state index contributed by atoms with van der Waals surface area (Å²) in [5, 5.41) is 12.1. The number of nitrogens with zero attached hydrogens (tertiary/aromatic N) is 1. The van der Waals surface area contributed by atoms with E-state index < -0.39 is 0 Å². The smallest absolute Gasteiger partial charge is 0.0991 e. The molecule has 0 amide bonds. The van der Waals surface area contributed by atoms with Gasteiger partial charge in [0, 0.05) is 20.2 Å². The summed E-state index contributed by atoms with van der Waals surface area (Å²) in [6.07, 6.45) is 0.221. The summed E-state index contributed by atoms with van der Waals surface area (Å²) < 4.78 is 5.15. The topological polar surface area (TPSA) is 45.0 Å². The number of hydrogen-bond donors (Lipinski definition) is 1. The van der Waals surface area contributed by atoms with E-state index in [1.165, 1.54) is 5.56 Å². The number of hydrogen-bond acceptors (Lipinski definition) is 3. The zero-order valence-electron chi connectivity index (χ0n) is 10.1. The van der Waals surface area contributed by atoms with Gasteiger partial charge >= 0.3 is 0 Å². The molecule has 0 bridgehead atoms. The average molecular weight is 218 g/mol. The molecule has 0 radical (unpaired) electrons. The van der Waals surface area contributed by atoms with Crippen molar-refractivity contribution in [1.29, 1.82) is 5.26 Å². The normalized spacial score (nSPS) is 12.1. The standard InChI is InChI=1S/C13H18N2O/c1-10-6-12(7-14)4-5-13(10)9-15-8-11(2)16-3/h4-6,11,15H,8-9H2,1-3H3. The zero-order valence-corrected chi connectivity index (χ0v) is 10.1. The second-order valence-corrected chi connectivity index (χ2v) is 3.93. The van der Waals surface area contributed by atoms with E-state index >= 15 is 0 Å². The molecule has 0 saturated carbocycles. The van der Waals surface area contributed by atoms with E-state index in [2.05, 4.69) is 11.4 Å². The highest BCUT2D eigenvalue weighted by molar-refractivity contribution is 5.37. The van der Waals surface area contributed by atoms with E-state index in [1.54, 1.807) is 7.11 Å². The lowest BCUT2D eigenvalue weighted by Gasteiger charge is -2.12. The Kier molecular flexibility index (Phi) is 4.97. The molecule has 0 aliphatic carbocycles.